The molecular formula is C17H12Br2S. The molecule has 0 N–H and O–H groups in total. The van der Waals surface area contributed by atoms with E-state index in [1.165, 1.54) is 21.6 Å². The maximum atomic E-state index is 3.63. The van der Waals surface area contributed by atoms with Crippen LogP contribution in [0, 0.1) is 0 Å². The van der Waals surface area contributed by atoms with Crippen LogP contribution in [0.2, 0.25) is 0 Å². The van der Waals surface area contributed by atoms with E-state index in [9.17, 15) is 0 Å². The van der Waals surface area contributed by atoms with Crippen molar-refractivity contribution in [2.45, 2.75) is 0 Å². The number of halogens is 2. The average molecular weight is 408 g/mol. The van der Waals surface area contributed by atoms with E-state index in [2.05, 4.69) is 76.6 Å². The molecule has 0 unspecified atom stereocenters. The van der Waals surface area contributed by atoms with Crippen LogP contribution in [0.3, 0.4) is 0 Å². The zero-order valence-corrected chi connectivity index (χ0v) is 14.6. The molecule has 0 saturated heterocycles. The maximum Gasteiger partial charge on any atom is 0.273 e. The van der Waals surface area contributed by atoms with Crippen molar-refractivity contribution in [2.24, 2.45) is 0 Å². The molecule has 0 radical (unpaired) electrons. The van der Waals surface area contributed by atoms with Crippen LogP contribution in [0.4, 0.5) is 0 Å². The molecule has 0 aliphatic heterocycles. The Bertz CT molecular complexity index is 624. The van der Waals surface area contributed by atoms with E-state index in [1.807, 2.05) is 12.1 Å². The van der Waals surface area contributed by atoms with Crippen LogP contribution < -0.4 is 17.0 Å². The second kappa shape index (κ2) is 7.11. The number of benzene rings is 2. The van der Waals surface area contributed by atoms with Gasteiger partial charge in [-0.3, -0.25) is 0 Å². The lowest BCUT2D eigenvalue weighted by atomic mass is 10.1. The first-order chi connectivity index (χ1) is 9.33. The lowest BCUT2D eigenvalue weighted by Crippen LogP contribution is -3.00. The van der Waals surface area contributed by atoms with Gasteiger partial charge in [0.05, 0.1) is 0 Å². The summed E-state index contributed by atoms with van der Waals surface area (Å²) < 4.78 is 1.15. The Hall–Kier alpha value is -1.03. The van der Waals surface area contributed by atoms with Gasteiger partial charge < -0.3 is 17.0 Å². The minimum Gasteiger partial charge on any atom is -1.00 e. The summed E-state index contributed by atoms with van der Waals surface area (Å²) in [7, 11) is 0. The lowest BCUT2D eigenvalue weighted by molar-refractivity contribution is -0.00000344. The van der Waals surface area contributed by atoms with Gasteiger partial charge in [-0.1, -0.05) is 48.5 Å². The second-order valence-electron chi connectivity index (χ2n) is 4.25. The fraction of sp³-hybridized carbons (Fsp3) is 0. The lowest BCUT2D eigenvalue weighted by Gasteiger charge is -2.00. The van der Waals surface area contributed by atoms with Gasteiger partial charge in [-0.25, -0.2) is 0 Å². The van der Waals surface area contributed by atoms with Crippen molar-refractivity contribution in [3.8, 4) is 21.6 Å². The van der Waals surface area contributed by atoms with E-state index < -0.39 is 0 Å². The summed E-state index contributed by atoms with van der Waals surface area (Å²) in [5.41, 5.74) is 3.74. The van der Waals surface area contributed by atoms with Crippen molar-refractivity contribution in [3.63, 3.8) is 0 Å². The molecule has 3 heteroatoms. The Balaban J connectivity index is 0.00000147. The van der Waals surface area contributed by atoms with E-state index >= 15 is 0 Å². The summed E-state index contributed by atoms with van der Waals surface area (Å²) >= 11 is 5.38. The van der Waals surface area contributed by atoms with Gasteiger partial charge in [-0.2, -0.15) is 0 Å². The molecule has 1 heterocycles. The van der Waals surface area contributed by atoms with Crippen LogP contribution in [-0.4, -0.2) is 0 Å². The Morgan fingerprint density at radius 3 is 1.80 bits per heavy atom. The largest absolute Gasteiger partial charge is 1.00 e. The molecule has 0 aliphatic rings. The van der Waals surface area contributed by atoms with Gasteiger partial charge in [0.1, 0.15) is 0 Å². The van der Waals surface area contributed by atoms with Gasteiger partial charge in [0, 0.05) is 33.6 Å². The molecule has 0 amide bonds. The quantitative estimate of drug-likeness (QED) is 0.572. The molecule has 1 aromatic heterocycles. The smallest absolute Gasteiger partial charge is 0.273 e. The van der Waals surface area contributed by atoms with Crippen LogP contribution in [0.25, 0.3) is 21.6 Å². The Labute approximate surface area is 142 Å². The van der Waals surface area contributed by atoms with Gasteiger partial charge in [0.15, 0.2) is 0 Å². The Morgan fingerprint density at radius 1 is 0.650 bits per heavy atom. The zero-order chi connectivity index (χ0) is 13.1. The van der Waals surface area contributed by atoms with Gasteiger partial charge in [0.25, 0.3) is 3.79 Å². The van der Waals surface area contributed by atoms with Crippen LogP contribution >= 0.6 is 27.3 Å². The first kappa shape index (κ1) is 15.4. The van der Waals surface area contributed by atoms with E-state index in [-0.39, 0.29) is 17.0 Å². The normalized spacial score (nSPS) is 9.85. The molecule has 3 rings (SSSR count). The first-order valence-corrected chi connectivity index (χ1v) is 7.68. The highest BCUT2D eigenvalue weighted by molar-refractivity contribution is 9.11. The number of hydrogen-bond donors (Lipinski definition) is 0. The van der Waals surface area contributed by atoms with E-state index in [1.54, 1.807) is 11.3 Å². The van der Waals surface area contributed by atoms with Crippen molar-refractivity contribution in [1.29, 1.82) is 0 Å². The van der Waals surface area contributed by atoms with Crippen molar-refractivity contribution < 1.29 is 17.0 Å². The monoisotopic (exact) mass is 406 g/mol. The molecule has 3 aromatic rings. The van der Waals surface area contributed by atoms with E-state index in [4.69, 9.17) is 0 Å². The molecule has 0 atom stereocenters. The number of rotatable bonds is 2. The predicted octanol–water partition coefficient (Wildman–Crippen LogP) is 3.13. The third kappa shape index (κ3) is 3.54. The highest BCUT2D eigenvalue weighted by Crippen LogP contribution is 2.34. The third-order valence-corrected chi connectivity index (χ3v) is 4.53. The summed E-state index contributed by atoms with van der Waals surface area (Å²) in [5, 5.41) is 0. The molecule has 20 heavy (non-hydrogen) atoms. The highest BCUT2D eigenvalue weighted by atomic mass is 79.9. The predicted molar refractivity (Wildman–Crippen MR) is 87.3 cm³/mol. The maximum absolute atomic E-state index is 3.63. The van der Waals surface area contributed by atoms with Crippen LogP contribution in [0.15, 0.2) is 76.6 Å². The topological polar surface area (TPSA) is 0 Å². The van der Waals surface area contributed by atoms with Gasteiger partial charge >= 0.3 is 0 Å². The molecule has 0 spiro atoms. The molecule has 2 aromatic carbocycles. The summed E-state index contributed by atoms with van der Waals surface area (Å²) in [5.74, 6) is 0. The SMILES string of the molecule is Brc1cc(-c2ccccc2)cc(-c2ccccc2)[s+]1.[Br-]. The van der Waals surface area contributed by atoms with E-state index in [0.29, 0.717) is 0 Å². The minimum atomic E-state index is 0. The van der Waals surface area contributed by atoms with Crippen molar-refractivity contribution in [2.75, 3.05) is 0 Å². The van der Waals surface area contributed by atoms with Crippen molar-refractivity contribution in [1.82, 2.24) is 0 Å². The summed E-state index contributed by atoms with van der Waals surface area (Å²) in [4.78, 5) is 1.27. The number of hydrogen-bond acceptors (Lipinski definition) is 0. The fourth-order valence-corrected chi connectivity index (χ4v) is 3.62. The molecule has 100 valence electrons. The fourth-order valence-electron chi connectivity index (χ4n) is 2.01. The van der Waals surface area contributed by atoms with Crippen LogP contribution in [-0.2, 0) is 0 Å². The summed E-state index contributed by atoms with van der Waals surface area (Å²) in [6.07, 6.45) is 0. The average Bonchev–Trinajstić information content (AvgIpc) is 2.48. The van der Waals surface area contributed by atoms with Gasteiger partial charge in [0.2, 0.25) is 16.2 Å². The molecule has 0 bridgehead atoms. The highest BCUT2D eigenvalue weighted by Gasteiger charge is 2.15. The second-order valence-corrected chi connectivity index (χ2v) is 6.71. The molecule has 0 aliphatic carbocycles. The molecular weight excluding hydrogens is 396 g/mol. The summed E-state index contributed by atoms with van der Waals surface area (Å²) in [6, 6.07) is 25.4. The standard InChI is InChI=1S/C17H12BrS.BrH/c18-17-12-15(13-7-3-1-4-8-13)11-16(19-17)14-9-5-2-6-10-14;/h1-12H;1H/q+1;/p-1. The molecule has 0 nitrogen and oxygen atoms in total. The van der Waals surface area contributed by atoms with E-state index in [0.717, 1.165) is 3.79 Å². The third-order valence-electron chi connectivity index (χ3n) is 2.93. The van der Waals surface area contributed by atoms with Gasteiger partial charge in [-0.15, -0.1) is 0 Å². The van der Waals surface area contributed by atoms with Gasteiger partial charge in [-0.05, 0) is 23.3 Å². The van der Waals surface area contributed by atoms with Crippen LogP contribution in [0.5, 0.6) is 0 Å². The Kier molecular flexibility index (Phi) is 5.46. The Morgan fingerprint density at radius 2 is 1.20 bits per heavy atom. The zero-order valence-electron chi connectivity index (χ0n) is 10.6. The molecule has 0 fully saturated rings. The van der Waals surface area contributed by atoms with Crippen molar-refractivity contribution >= 4 is 27.3 Å². The minimum absolute atomic E-state index is 0. The summed E-state index contributed by atoms with van der Waals surface area (Å²) in [6.45, 7) is 0. The first-order valence-electron chi connectivity index (χ1n) is 6.07. The molecule has 0 saturated carbocycles. The van der Waals surface area contributed by atoms with Crippen LogP contribution in [0.1, 0.15) is 0 Å². The van der Waals surface area contributed by atoms with Crippen molar-refractivity contribution in [3.05, 3.63) is 76.6 Å².